The summed E-state index contributed by atoms with van der Waals surface area (Å²) in [6, 6.07) is 9.63. The number of anilines is 2. The van der Waals surface area contributed by atoms with Gasteiger partial charge in [0.15, 0.2) is 0 Å². The summed E-state index contributed by atoms with van der Waals surface area (Å²) in [4.78, 5) is 16.1. The maximum Gasteiger partial charge on any atom is 0.274 e. The number of nitrogens with zero attached hydrogens (tertiary/aromatic N) is 1. The molecule has 0 unspecified atom stereocenters. The van der Waals surface area contributed by atoms with Crippen molar-refractivity contribution in [3.63, 3.8) is 0 Å². The fraction of sp³-hybridized carbons (Fsp3) is 0.143. The summed E-state index contributed by atoms with van der Waals surface area (Å²) in [6.07, 6.45) is 0. The first-order valence-electron chi connectivity index (χ1n) is 5.82. The van der Waals surface area contributed by atoms with E-state index in [2.05, 4.69) is 15.6 Å². The molecule has 1 aromatic carbocycles. The number of hydrogen-bond acceptors (Lipinski definition) is 3. The number of hydrogen-bond donors (Lipinski definition) is 2. The van der Waals surface area contributed by atoms with E-state index in [1.165, 1.54) is 6.07 Å². The third-order valence-corrected chi connectivity index (χ3v) is 2.67. The van der Waals surface area contributed by atoms with Crippen molar-refractivity contribution in [2.45, 2.75) is 6.92 Å². The first kappa shape index (κ1) is 13.0. The van der Waals surface area contributed by atoms with Gasteiger partial charge in [0.1, 0.15) is 17.3 Å². The van der Waals surface area contributed by atoms with Gasteiger partial charge in [-0.25, -0.2) is 9.37 Å². The lowest BCUT2D eigenvalue weighted by Crippen LogP contribution is -2.14. The highest BCUT2D eigenvalue weighted by molar-refractivity contribution is 6.03. The lowest BCUT2D eigenvalue weighted by molar-refractivity contribution is 0.102. The summed E-state index contributed by atoms with van der Waals surface area (Å²) >= 11 is 0. The highest BCUT2D eigenvalue weighted by Crippen LogP contribution is 2.14. The highest BCUT2D eigenvalue weighted by atomic mass is 19.1. The molecular formula is C14H14FN3O. The topological polar surface area (TPSA) is 54.0 Å². The van der Waals surface area contributed by atoms with Gasteiger partial charge in [0.05, 0.1) is 0 Å². The van der Waals surface area contributed by atoms with Crippen molar-refractivity contribution in [3.05, 3.63) is 53.5 Å². The molecular weight excluding hydrogens is 245 g/mol. The van der Waals surface area contributed by atoms with E-state index >= 15 is 0 Å². The molecule has 0 atom stereocenters. The van der Waals surface area contributed by atoms with Crippen LogP contribution in [0.25, 0.3) is 0 Å². The van der Waals surface area contributed by atoms with Crippen LogP contribution in [0.5, 0.6) is 0 Å². The van der Waals surface area contributed by atoms with E-state index in [0.717, 1.165) is 0 Å². The summed E-state index contributed by atoms with van der Waals surface area (Å²) < 4.78 is 13.4. The molecule has 0 radical (unpaired) electrons. The van der Waals surface area contributed by atoms with Crippen LogP contribution in [0.15, 0.2) is 36.4 Å². The Balaban J connectivity index is 2.18. The molecule has 2 N–H and O–H groups in total. The van der Waals surface area contributed by atoms with Crippen LogP contribution in [0.2, 0.25) is 0 Å². The number of rotatable bonds is 3. The summed E-state index contributed by atoms with van der Waals surface area (Å²) in [6.45, 7) is 1.67. The third-order valence-electron chi connectivity index (χ3n) is 2.67. The zero-order valence-corrected chi connectivity index (χ0v) is 10.7. The number of carbonyl (C=O) groups is 1. The Labute approximate surface area is 110 Å². The van der Waals surface area contributed by atoms with Crippen LogP contribution in [0, 0.1) is 12.7 Å². The van der Waals surface area contributed by atoms with Gasteiger partial charge in [0.2, 0.25) is 0 Å². The van der Waals surface area contributed by atoms with E-state index in [9.17, 15) is 9.18 Å². The normalized spacial score (nSPS) is 10.1. The predicted octanol–water partition coefficient (Wildman–Crippen LogP) is 2.82. The second kappa shape index (κ2) is 5.48. The smallest absolute Gasteiger partial charge is 0.274 e. The SMILES string of the molecule is CNc1cccc(C(=O)Nc2ccc(C)c(F)c2)n1. The molecule has 0 aliphatic carbocycles. The van der Waals surface area contributed by atoms with Gasteiger partial charge < -0.3 is 10.6 Å². The fourth-order valence-electron chi connectivity index (χ4n) is 1.57. The maximum absolute atomic E-state index is 13.4. The average Bonchev–Trinajstić information content (AvgIpc) is 2.43. The van der Waals surface area contributed by atoms with Crippen molar-refractivity contribution < 1.29 is 9.18 Å². The first-order chi connectivity index (χ1) is 9.10. The number of nitrogens with one attached hydrogen (secondary N) is 2. The zero-order chi connectivity index (χ0) is 13.8. The van der Waals surface area contributed by atoms with Gasteiger partial charge in [-0.3, -0.25) is 4.79 Å². The van der Waals surface area contributed by atoms with Crippen molar-refractivity contribution in [1.29, 1.82) is 0 Å². The number of aromatic nitrogens is 1. The Kier molecular flexibility index (Phi) is 3.75. The van der Waals surface area contributed by atoms with Gasteiger partial charge in [0, 0.05) is 12.7 Å². The molecule has 0 spiro atoms. The minimum absolute atomic E-state index is 0.271. The van der Waals surface area contributed by atoms with E-state index in [1.807, 2.05) is 0 Å². The lowest BCUT2D eigenvalue weighted by atomic mass is 10.2. The lowest BCUT2D eigenvalue weighted by Gasteiger charge is -2.07. The van der Waals surface area contributed by atoms with Crippen molar-refractivity contribution in [3.8, 4) is 0 Å². The van der Waals surface area contributed by atoms with Crippen LogP contribution in [-0.4, -0.2) is 17.9 Å². The number of pyridine rings is 1. The van der Waals surface area contributed by atoms with Crippen LogP contribution in [-0.2, 0) is 0 Å². The molecule has 0 aliphatic rings. The molecule has 0 aliphatic heterocycles. The van der Waals surface area contributed by atoms with Crippen molar-refractivity contribution >= 4 is 17.4 Å². The molecule has 5 heteroatoms. The van der Waals surface area contributed by atoms with Crippen molar-refractivity contribution in [2.24, 2.45) is 0 Å². The zero-order valence-electron chi connectivity index (χ0n) is 10.7. The molecule has 2 aromatic rings. The Morgan fingerprint density at radius 1 is 1.26 bits per heavy atom. The molecule has 1 amide bonds. The second-order valence-electron chi connectivity index (χ2n) is 4.08. The molecule has 0 fully saturated rings. The van der Waals surface area contributed by atoms with Crippen LogP contribution in [0.3, 0.4) is 0 Å². The number of benzene rings is 1. The summed E-state index contributed by atoms with van der Waals surface area (Å²) in [5, 5.41) is 5.46. The van der Waals surface area contributed by atoms with E-state index < -0.39 is 0 Å². The monoisotopic (exact) mass is 259 g/mol. The van der Waals surface area contributed by atoms with E-state index in [4.69, 9.17) is 0 Å². The average molecular weight is 259 g/mol. The number of carbonyl (C=O) groups excluding carboxylic acids is 1. The second-order valence-corrected chi connectivity index (χ2v) is 4.08. The molecule has 1 heterocycles. The molecule has 98 valence electrons. The Bertz CT molecular complexity index is 613. The standard InChI is InChI=1S/C14H14FN3O/c1-9-6-7-10(8-11(9)15)17-14(19)12-4-3-5-13(16-2)18-12/h3-8H,1-2H3,(H,16,18)(H,17,19). The number of halogens is 1. The molecule has 0 saturated carbocycles. The Morgan fingerprint density at radius 2 is 2.05 bits per heavy atom. The predicted molar refractivity (Wildman–Crippen MR) is 72.9 cm³/mol. The largest absolute Gasteiger partial charge is 0.373 e. The van der Waals surface area contributed by atoms with Gasteiger partial charge in [-0.15, -0.1) is 0 Å². The highest BCUT2D eigenvalue weighted by Gasteiger charge is 2.09. The van der Waals surface area contributed by atoms with E-state index in [0.29, 0.717) is 17.1 Å². The molecule has 2 rings (SSSR count). The summed E-state index contributed by atoms with van der Waals surface area (Å²) in [5.41, 5.74) is 1.21. The quantitative estimate of drug-likeness (QED) is 0.891. The van der Waals surface area contributed by atoms with Crippen LogP contribution < -0.4 is 10.6 Å². The Hall–Kier alpha value is -2.43. The van der Waals surface area contributed by atoms with Crippen LogP contribution in [0.4, 0.5) is 15.9 Å². The van der Waals surface area contributed by atoms with Gasteiger partial charge >= 0.3 is 0 Å². The minimum atomic E-state index is -0.375. The van der Waals surface area contributed by atoms with Crippen LogP contribution in [0.1, 0.15) is 16.1 Å². The van der Waals surface area contributed by atoms with Gasteiger partial charge in [-0.1, -0.05) is 12.1 Å². The van der Waals surface area contributed by atoms with Crippen molar-refractivity contribution in [2.75, 3.05) is 17.7 Å². The molecule has 0 bridgehead atoms. The summed E-state index contributed by atoms with van der Waals surface area (Å²) in [5.74, 6) is -0.127. The molecule has 1 aromatic heterocycles. The van der Waals surface area contributed by atoms with Gasteiger partial charge in [-0.05, 0) is 36.8 Å². The molecule has 4 nitrogen and oxygen atoms in total. The maximum atomic E-state index is 13.4. The van der Waals surface area contributed by atoms with E-state index in [1.54, 1.807) is 44.3 Å². The first-order valence-corrected chi connectivity index (χ1v) is 5.82. The fourth-order valence-corrected chi connectivity index (χ4v) is 1.57. The Morgan fingerprint density at radius 3 is 2.74 bits per heavy atom. The molecule has 19 heavy (non-hydrogen) atoms. The third kappa shape index (κ3) is 3.07. The minimum Gasteiger partial charge on any atom is -0.373 e. The molecule has 0 saturated heterocycles. The van der Waals surface area contributed by atoms with Crippen molar-refractivity contribution in [1.82, 2.24) is 4.98 Å². The number of aryl methyl sites for hydroxylation is 1. The van der Waals surface area contributed by atoms with E-state index in [-0.39, 0.29) is 17.4 Å². The summed E-state index contributed by atoms with van der Waals surface area (Å²) in [7, 11) is 1.72. The van der Waals surface area contributed by atoms with Gasteiger partial charge in [-0.2, -0.15) is 0 Å². The number of amides is 1. The van der Waals surface area contributed by atoms with Crippen LogP contribution >= 0.6 is 0 Å². The van der Waals surface area contributed by atoms with Gasteiger partial charge in [0.25, 0.3) is 5.91 Å².